The Morgan fingerprint density at radius 1 is 1.43 bits per heavy atom. The van der Waals surface area contributed by atoms with E-state index in [-0.39, 0.29) is 6.10 Å². The summed E-state index contributed by atoms with van der Waals surface area (Å²) in [6.07, 6.45) is 1.16. The first-order valence-electron chi connectivity index (χ1n) is 4.80. The fraction of sp³-hybridized carbons (Fsp3) is 0.455. The van der Waals surface area contributed by atoms with Gasteiger partial charge in [-0.1, -0.05) is 23.7 Å². The minimum absolute atomic E-state index is 0.183. The molecule has 0 aliphatic carbocycles. The summed E-state index contributed by atoms with van der Waals surface area (Å²) in [6, 6.07) is 7.54. The van der Waals surface area contributed by atoms with E-state index in [9.17, 15) is 0 Å². The third kappa shape index (κ3) is 3.56. The largest absolute Gasteiger partial charge is 0.489 e. The molecular weight excluding hydrogens is 198 g/mol. The molecule has 0 radical (unpaired) electrons. The van der Waals surface area contributed by atoms with Crippen LogP contribution in [0.2, 0.25) is 5.02 Å². The Balaban J connectivity index is 2.47. The molecule has 0 amide bonds. The molecular formula is C11H16ClNO. The number of halogens is 1. The van der Waals surface area contributed by atoms with Crippen molar-refractivity contribution in [2.75, 3.05) is 13.6 Å². The van der Waals surface area contributed by atoms with E-state index < -0.39 is 0 Å². The van der Waals surface area contributed by atoms with Crippen LogP contribution in [0.3, 0.4) is 0 Å². The number of hydrogen-bond donors (Lipinski definition) is 1. The molecule has 0 aromatic heterocycles. The Kier molecular flexibility index (Phi) is 4.77. The molecule has 1 aromatic carbocycles. The van der Waals surface area contributed by atoms with E-state index in [1.165, 1.54) is 0 Å². The lowest BCUT2D eigenvalue weighted by molar-refractivity contribution is 0.211. The molecule has 1 rings (SSSR count). The number of benzene rings is 1. The molecule has 14 heavy (non-hydrogen) atoms. The Hall–Kier alpha value is -0.730. The predicted molar refractivity (Wildman–Crippen MR) is 60.1 cm³/mol. The van der Waals surface area contributed by atoms with Gasteiger partial charge in [0.15, 0.2) is 0 Å². The molecule has 0 aliphatic rings. The van der Waals surface area contributed by atoms with Crippen LogP contribution in [-0.4, -0.2) is 19.7 Å². The number of nitrogens with one attached hydrogen (secondary N) is 1. The van der Waals surface area contributed by atoms with Crippen LogP contribution in [0.4, 0.5) is 0 Å². The van der Waals surface area contributed by atoms with Gasteiger partial charge in [-0.25, -0.2) is 0 Å². The van der Waals surface area contributed by atoms with Gasteiger partial charge < -0.3 is 10.1 Å². The maximum Gasteiger partial charge on any atom is 0.138 e. The summed E-state index contributed by atoms with van der Waals surface area (Å²) in [4.78, 5) is 0. The first-order valence-corrected chi connectivity index (χ1v) is 5.17. The maximum atomic E-state index is 5.96. The Bertz CT molecular complexity index is 278. The Morgan fingerprint density at radius 3 is 2.79 bits per heavy atom. The zero-order valence-corrected chi connectivity index (χ0v) is 9.34. The second-order valence-corrected chi connectivity index (χ2v) is 3.66. The van der Waals surface area contributed by atoms with Gasteiger partial charge in [-0.05, 0) is 39.1 Å². The van der Waals surface area contributed by atoms with Crippen LogP contribution in [0.1, 0.15) is 13.3 Å². The topological polar surface area (TPSA) is 21.3 Å². The Morgan fingerprint density at radius 2 is 2.14 bits per heavy atom. The first kappa shape index (κ1) is 11.3. The minimum Gasteiger partial charge on any atom is -0.489 e. The molecule has 1 aromatic rings. The zero-order chi connectivity index (χ0) is 10.4. The lowest BCUT2D eigenvalue weighted by Gasteiger charge is -2.15. The molecule has 1 N–H and O–H groups in total. The van der Waals surface area contributed by atoms with Crippen molar-refractivity contribution in [2.45, 2.75) is 19.4 Å². The molecule has 0 saturated heterocycles. The molecule has 0 bridgehead atoms. The van der Waals surface area contributed by atoms with Crippen LogP contribution in [0.5, 0.6) is 5.75 Å². The fourth-order valence-electron chi connectivity index (χ4n) is 1.16. The second kappa shape index (κ2) is 5.89. The molecule has 0 heterocycles. The van der Waals surface area contributed by atoms with Crippen LogP contribution in [0, 0.1) is 0 Å². The van der Waals surface area contributed by atoms with E-state index in [2.05, 4.69) is 5.32 Å². The standard InChI is InChI=1S/C11H16ClNO/c1-9(7-8-13-2)14-11-6-4-3-5-10(11)12/h3-6,9,13H,7-8H2,1-2H3. The highest BCUT2D eigenvalue weighted by Crippen LogP contribution is 2.24. The number of rotatable bonds is 5. The lowest BCUT2D eigenvalue weighted by Crippen LogP contribution is -2.19. The van der Waals surface area contributed by atoms with Crippen molar-refractivity contribution >= 4 is 11.6 Å². The van der Waals surface area contributed by atoms with Crippen LogP contribution in [0.15, 0.2) is 24.3 Å². The summed E-state index contributed by atoms with van der Waals surface area (Å²) in [5.41, 5.74) is 0. The van der Waals surface area contributed by atoms with Crippen molar-refractivity contribution in [2.24, 2.45) is 0 Å². The van der Waals surface area contributed by atoms with Crippen LogP contribution < -0.4 is 10.1 Å². The fourth-order valence-corrected chi connectivity index (χ4v) is 1.34. The van der Waals surface area contributed by atoms with Crippen molar-refractivity contribution < 1.29 is 4.74 Å². The summed E-state index contributed by atoms with van der Waals surface area (Å²) >= 11 is 5.96. The Labute approximate surface area is 90.2 Å². The van der Waals surface area contributed by atoms with Gasteiger partial charge in [-0.3, -0.25) is 0 Å². The average molecular weight is 214 g/mol. The molecule has 0 spiro atoms. The van der Waals surface area contributed by atoms with Gasteiger partial charge in [-0.15, -0.1) is 0 Å². The van der Waals surface area contributed by atoms with E-state index in [4.69, 9.17) is 16.3 Å². The van der Waals surface area contributed by atoms with Crippen molar-refractivity contribution in [3.8, 4) is 5.75 Å². The molecule has 0 aliphatic heterocycles. The summed E-state index contributed by atoms with van der Waals surface area (Å²) in [5.74, 6) is 0.762. The average Bonchev–Trinajstić information content (AvgIpc) is 2.18. The lowest BCUT2D eigenvalue weighted by atomic mass is 10.3. The summed E-state index contributed by atoms with van der Waals surface area (Å²) in [6.45, 7) is 2.99. The van der Waals surface area contributed by atoms with Gasteiger partial charge >= 0.3 is 0 Å². The molecule has 0 saturated carbocycles. The normalized spacial score (nSPS) is 12.5. The minimum atomic E-state index is 0.183. The molecule has 78 valence electrons. The van der Waals surface area contributed by atoms with E-state index in [1.807, 2.05) is 38.2 Å². The van der Waals surface area contributed by atoms with Crippen LogP contribution in [-0.2, 0) is 0 Å². The van der Waals surface area contributed by atoms with Crippen molar-refractivity contribution in [3.63, 3.8) is 0 Å². The predicted octanol–water partition coefficient (Wildman–Crippen LogP) is 2.72. The van der Waals surface area contributed by atoms with Crippen molar-refractivity contribution in [1.82, 2.24) is 5.32 Å². The summed E-state index contributed by atoms with van der Waals surface area (Å²) in [5, 5.41) is 3.76. The number of ether oxygens (including phenoxy) is 1. The van der Waals surface area contributed by atoms with Gasteiger partial charge in [0.05, 0.1) is 11.1 Å². The SMILES string of the molecule is CNCCC(C)Oc1ccccc1Cl. The highest BCUT2D eigenvalue weighted by atomic mass is 35.5. The van der Waals surface area contributed by atoms with Crippen molar-refractivity contribution in [1.29, 1.82) is 0 Å². The van der Waals surface area contributed by atoms with Crippen LogP contribution in [0.25, 0.3) is 0 Å². The van der Waals surface area contributed by atoms with E-state index in [0.29, 0.717) is 5.02 Å². The van der Waals surface area contributed by atoms with Gasteiger partial charge in [0, 0.05) is 0 Å². The van der Waals surface area contributed by atoms with Gasteiger partial charge in [0.1, 0.15) is 5.75 Å². The smallest absolute Gasteiger partial charge is 0.138 e. The quantitative estimate of drug-likeness (QED) is 0.812. The van der Waals surface area contributed by atoms with Gasteiger partial charge in [-0.2, -0.15) is 0 Å². The van der Waals surface area contributed by atoms with E-state index in [1.54, 1.807) is 0 Å². The van der Waals surface area contributed by atoms with Crippen molar-refractivity contribution in [3.05, 3.63) is 29.3 Å². The summed E-state index contributed by atoms with van der Waals surface area (Å²) < 4.78 is 5.68. The molecule has 3 heteroatoms. The molecule has 0 fully saturated rings. The number of para-hydroxylation sites is 1. The van der Waals surface area contributed by atoms with Gasteiger partial charge in [0.2, 0.25) is 0 Å². The maximum absolute atomic E-state index is 5.96. The third-order valence-electron chi connectivity index (χ3n) is 1.97. The number of hydrogen-bond acceptors (Lipinski definition) is 2. The highest BCUT2D eigenvalue weighted by molar-refractivity contribution is 6.32. The van der Waals surface area contributed by atoms with E-state index >= 15 is 0 Å². The first-order chi connectivity index (χ1) is 6.74. The molecule has 2 nitrogen and oxygen atoms in total. The molecule has 1 unspecified atom stereocenters. The van der Waals surface area contributed by atoms with Gasteiger partial charge in [0.25, 0.3) is 0 Å². The summed E-state index contributed by atoms with van der Waals surface area (Å²) in [7, 11) is 1.93. The third-order valence-corrected chi connectivity index (χ3v) is 2.28. The monoisotopic (exact) mass is 213 g/mol. The van der Waals surface area contributed by atoms with E-state index in [0.717, 1.165) is 18.7 Å². The molecule has 1 atom stereocenters. The second-order valence-electron chi connectivity index (χ2n) is 3.25. The zero-order valence-electron chi connectivity index (χ0n) is 8.59. The highest BCUT2D eigenvalue weighted by Gasteiger charge is 2.05. The van der Waals surface area contributed by atoms with Crippen LogP contribution >= 0.6 is 11.6 Å².